The van der Waals surface area contributed by atoms with E-state index in [4.69, 9.17) is 4.42 Å². The number of hydrogen-bond acceptors (Lipinski definition) is 3. The van der Waals surface area contributed by atoms with Gasteiger partial charge in [0.05, 0.1) is 11.5 Å². The fraction of sp³-hybridized carbons (Fsp3) is 0.320. The summed E-state index contributed by atoms with van der Waals surface area (Å²) in [7, 11) is -1.23. The maximum Gasteiger partial charge on any atom is 0.145 e. The van der Waals surface area contributed by atoms with Crippen molar-refractivity contribution in [2.75, 3.05) is 5.75 Å². The van der Waals surface area contributed by atoms with Gasteiger partial charge in [-0.2, -0.15) is 0 Å². The first-order chi connectivity index (χ1) is 13.9. The fourth-order valence-electron chi connectivity index (χ4n) is 3.22. The van der Waals surface area contributed by atoms with Gasteiger partial charge in [0, 0.05) is 29.8 Å². The van der Waals surface area contributed by atoms with Gasteiger partial charge in [-0.25, -0.2) is 0 Å². The van der Waals surface area contributed by atoms with Gasteiger partial charge in [-0.1, -0.05) is 61.0 Å². The Morgan fingerprint density at radius 2 is 1.66 bits per heavy atom. The Balaban J connectivity index is 0.00000320. The highest BCUT2D eigenvalue weighted by Gasteiger charge is 2.14. The van der Waals surface area contributed by atoms with Crippen LogP contribution in [0.2, 0.25) is 0 Å². The van der Waals surface area contributed by atoms with Gasteiger partial charge >= 0.3 is 0 Å². The third kappa shape index (κ3) is 6.01. The molecule has 0 fully saturated rings. The molecule has 0 amide bonds. The predicted octanol–water partition coefficient (Wildman–Crippen LogP) is 5.82. The van der Waals surface area contributed by atoms with Crippen LogP contribution in [0.3, 0.4) is 0 Å². The average molecular weight is 411 g/mol. The second-order valence-electron chi connectivity index (χ2n) is 7.50. The smallest absolute Gasteiger partial charge is 0.145 e. The Hall–Kier alpha value is -2.46. The molecule has 0 N–H and O–H groups in total. The molecule has 4 heteroatoms. The Bertz CT molecular complexity index is 988. The lowest BCUT2D eigenvalue weighted by Gasteiger charge is -2.03. The van der Waals surface area contributed by atoms with Crippen molar-refractivity contribution in [2.24, 2.45) is 0 Å². The molecular formula is C25H30O3S. The Morgan fingerprint density at radius 1 is 1.00 bits per heavy atom. The summed E-state index contributed by atoms with van der Waals surface area (Å²) in [6, 6.07) is 18.4. The van der Waals surface area contributed by atoms with Crippen molar-refractivity contribution in [3.63, 3.8) is 0 Å². The van der Waals surface area contributed by atoms with E-state index >= 15 is 0 Å². The van der Waals surface area contributed by atoms with Crippen molar-refractivity contribution >= 4 is 16.6 Å². The summed E-state index contributed by atoms with van der Waals surface area (Å²) in [5.74, 6) is 2.03. The lowest BCUT2D eigenvalue weighted by atomic mass is 10.1. The van der Waals surface area contributed by atoms with Gasteiger partial charge in [0.2, 0.25) is 0 Å². The monoisotopic (exact) mass is 410 g/mol. The minimum atomic E-state index is -1.23. The first kappa shape index (κ1) is 21.3. The molecule has 154 valence electrons. The van der Waals surface area contributed by atoms with E-state index in [2.05, 4.69) is 19.1 Å². The number of carbonyl (C=O) groups excluding carboxylic acids is 1. The molecule has 3 nitrogen and oxygen atoms in total. The fourth-order valence-corrected chi connectivity index (χ4v) is 4.46. The molecule has 0 radical (unpaired) electrons. The number of hydrogen-bond donors (Lipinski definition) is 0. The molecule has 1 heterocycles. The zero-order valence-corrected chi connectivity index (χ0v) is 18.2. The van der Waals surface area contributed by atoms with Crippen LogP contribution >= 0.6 is 0 Å². The molecule has 0 saturated heterocycles. The number of ketones is 1. The van der Waals surface area contributed by atoms with Crippen LogP contribution in [0.4, 0.5) is 0 Å². The molecule has 0 aliphatic rings. The number of carbonyl (C=O) groups is 1. The van der Waals surface area contributed by atoms with E-state index in [1.54, 1.807) is 0 Å². The van der Waals surface area contributed by atoms with Crippen LogP contribution in [0.5, 0.6) is 0 Å². The van der Waals surface area contributed by atoms with Crippen LogP contribution in [-0.4, -0.2) is 15.7 Å². The quantitative estimate of drug-likeness (QED) is 0.446. The molecule has 3 rings (SSSR count). The van der Waals surface area contributed by atoms with Crippen LogP contribution in [-0.2, 0) is 34.2 Å². The van der Waals surface area contributed by atoms with Crippen molar-refractivity contribution in [3.8, 4) is 11.3 Å². The van der Waals surface area contributed by atoms with Gasteiger partial charge in [-0.3, -0.25) is 9.00 Å². The van der Waals surface area contributed by atoms with E-state index in [9.17, 15) is 9.00 Å². The zero-order chi connectivity index (χ0) is 20.8. The van der Waals surface area contributed by atoms with Crippen molar-refractivity contribution in [1.29, 1.82) is 0 Å². The molecule has 1 aromatic heterocycles. The lowest BCUT2D eigenvalue weighted by molar-refractivity contribution is -0.116. The summed E-state index contributed by atoms with van der Waals surface area (Å²) >= 11 is 0. The summed E-state index contributed by atoms with van der Waals surface area (Å²) in [5, 5.41) is 0. The molecule has 0 spiro atoms. The second kappa shape index (κ2) is 9.84. The number of benzene rings is 2. The number of rotatable bonds is 9. The molecule has 2 aromatic carbocycles. The highest BCUT2D eigenvalue weighted by Crippen LogP contribution is 2.26. The Labute approximate surface area is 177 Å². The minimum absolute atomic E-state index is 0. The summed E-state index contributed by atoms with van der Waals surface area (Å²) < 4.78 is 18.4. The summed E-state index contributed by atoms with van der Waals surface area (Å²) in [5.41, 5.74) is 5.54. The van der Waals surface area contributed by atoms with Crippen molar-refractivity contribution in [1.82, 2.24) is 0 Å². The lowest BCUT2D eigenvalue weighted by Crippen LogP contribution is -2.13. The van der Waals surface area contributed by atoms with E-state index in [-0.39, 0.29) is 13.0 Å². The van der Waals surface area contributed by atoms with Gasteiger partial charge in [-0.15, -0.1) is 0 Å². The third-order valence-electron chi connectivity index (χ3n) is 5.12. The largest absolute Gasteiger partial charge is 0.461 e. The first-order valence-corrected chi connectivity index (χ1v) is 11.5. The molecule has 1 atom stereocenters. The number of furan rings is 1. The van der Waals surface area contributed by atoms with Gasteiger partial charge in [0.1, 0.15) is 17.3 Å². The number of Topliss-reactive ketones (excluding diaryl/α,β-unsaturated/α-hetero) is 1. The molecule has 0 aliphatic carbocycles. The highest BCUT2D eigenvalue weighted by atomic mass is 32.2. The van der Waals surface area contributed by atoms with Crippen molar-refractivity contribution in [2.45, 2.75) is 45.8 Å². The minimum Gasteiger partial charge on any atom is -0.461 e. The summed E-state index contributed by atoms with van der Waals surface area (Å²) in [6.07, 6.45) is 2.12. The maximum atomic E-state index is 12.5. The van der Waals surface area contributed by atoms with Gasteiger partial charge in [0.25, 0.3) is 0 Å². The van der Waals surface area contributed by atoms with Crippen LogP contribution in [0.15, 0.2) is 59.0 Å². The van der Waals surface area contributed by atoms with Crippen LogP contribution < -0.4 is 0 Å². The second-order valence-corrected chi connectivity index (χ2v) is 8.95. The van der Waals surface area contributed by atoms with Crippen molar-refractivity contribution in [3.05, 3.63) is 82.6 Å². The maximum absolute atomic E-state index is 12.5. The topological polar surface area (TPSA) is 47.3 Å². The summed E-state index contributed by atoms with van der Waals surface area (Å²) in [6.45, 7) is 6.05. The molecular weight excluding hydrogens is 380 g/mol. The van der Waals surface area contributed by atoms with E-state index < -0.39 is 10.8 Å². The zero-order valence-electron chi connectivity index (χ0n) is 17.4. The molecule has 1 unspecified atom stereocenters. The van der Waals surface area contributed by atoms with Crippen molar-refractivity contribution < 1.29 is 14.8 Å². The number of aryl methyl sites for hydroxylation is 4. The summed E-state index contributed by atoms with van der Waals surface area (Å²) in [4.78, 5) is 12.2. The van der Waals surface area contributed by atoms with Crippen LogP contribution in [0.1, 0.15) is 42.8 Å². The van der Waals surface area contributed by atoms with Gasteiger partial charge in [-0.05, 0) is 43.9 Å². The molecule has 29 heavy (non-hydrogen) atoms. The Morgan fingerprint density at radius 3 is 2.31 bits per heavy atom. The molecule has 0 bridgehead atoms. The molecule has 0 aliphatic heterocycles. The van der Waals surface area contributed by atoms with E-state index in [1.165, 1.54) is 11.1 Å². The molecule has 3 aromatic rings. The van der Waals surface area contributed by atoms with Crippen LogP contribution in [0.25, 0.3) is 11.3 Å². The SMILES string of the molecule is CCc1ccc(-c2cc(CS(=O)CC(=O)CCc3ccc(C)cc3)c(C)o2)cc1.[HH]. The van der Waals surface area contributed by atoms with Gasteiger partial charge in [0.15, 0.2) is 0 Å². The average Bonchev–Trinajstić information content (AvgIpc) is 3.07. The first-order valence-electron chi connectivity index (χ1n) is 10.1. The van der Waals surface area contributed by atoms with Crippen LogP contribution in [0, 0.1) is 13.8 Å². The van der Waals surface area contributed by atoms with E-state index in [0.29, 0.717) is 18.6 Å². The standard InChI is InChI=1S/C25H28O3S.H2/c1-4-20-9-12-22(13-10-20)25-15-23(19(3)28-25)16-29(27)17-24(26)14-11-21-7-5-18(2)6-8-21;/h5-10,12-13,15H,4,11,14,16-17H2,1-3H3;1H. The Kier molecular flexibility index (Phi) is 7.21. The van der Waals surface area contributed by atoms with E-state index in [1.807, 2.05) is 56.3 Å². The third-order valence-corrected chi connectivity index (χ3v) is 6.40. The van der Waals surface area contributed by atoms with E-state index in [0.717, 1.165) is 34.6 Å². The normalized spacial score (nSPS) is 12.1. The van der Waals surface area contributed by atoms with Gasteiger partial charge < -0.3 is 4.42 Å². The molecule has 0 saturated carbocycles. The highest BCUT2D eigenvalue weighted by molar-refractivity contribution is 7.84. The predicted molar refractivity (Wildman–Crippen MR) is 122 cm³/mol.